The molecular weight excluding hydrogens is 573 g/mol. The molecule has 1 atom stereocenters. The summed E-state index contributed by atoms with van der Waals surface area (Å²) in [5, 5.41) is 28.2. The molecule has 0 aliphatic carbocycles. The van der Waals surface area contributed by atoms with Gasteiger partial charge in [-0.15, -0.1) is 0 Å². The van der Waals surface area contributed by atoms with E-state index in [1.807, 2.05) is 0 Å². The molecule has 11 nitrogen and oxygen atoms in total. The summed E-state index contributed by atoms with van der Waals surface area (Å²) in [5.74, 6) is -1.65. The number of aliphatic hydroxyl groups is 1. The van der Waals surface area contributed by atoms with Crippen molar-refractivity contribution in [2.24, 2.45) is 7.05 Å². The third kappa shape index (κ3) is 6.55. The van der Waals surface area contributed by atoms with Crippen molar-refractivity contribution in [3.05, 3.63) is 92.3 Å². The average Bonchev–Trinajstić information content (AvgIpc) is 2.96. The minimum Gasteiger partial charge on any atom is -0.481 e. The molecule has 2 heterocycles. The van der Waals surface area contributed by atoms with Crippen LogP contribution < -0.4 is 20.9 Å². The number of pyridine rings is 1. The number of carbonyl (C=O) groups is 2. The number of hydrogen-bond donors (Lipinski definition) is 4. The minimum absolute atomic E-state index is 0.0827. The number of carbonyl (C=O) groups excluding carboxylic acids is 1. The highest BCUT2D eigenvalue weighted by Gasteiger charge is 2.19. The largest absolute Gasteiger partial charge is 0.481 e. The molecule has 2 aromatic heterocycles. The number of rotatable bonds is 10. The Kier molecular flexibility index (Phi) is 9.35. The Labute approximate surface area is 244 Å². The first-order chi connectivity index (χ1) is 19.6. The molecule has 1 amide bonds. The number of anilines is 1. The average molecular weight is 598 g/mol. The van der Waals surface area contributed by atoms with Gasteiger partial charge in [-0.2, -0.15) is 5.10 Å². The van der Waals surface area contributed by atoms with Crippen LogP contribution in [0, 0.1) is 0 Å². The number of carboxylic acid groups (broad SMARTS) is 1. The molecule has 0 fully saturated rings. The number of ether oxygens (including phenoxy) is 1. The Morgan fingerprint density at radius 3 is 2.41 bits per heavy atom. The fourth-order valence-corrected chi connectivity index (χ4v) is 4.60. The second-order valence-corrected chi connectivity index (χ2v) is 9.57. The van der Waals surface area contributed by atoms with Gasteiger partial charge < -0.3 is 25.6 Å². The first-order valence-corrected chi connectivity index (χ1v) is 12.9. The van der Waals surface area contributed by atoms with Gasteiger partial charge in [-0.05, 0) is 18.2 Å². The van der Waals surface area contributed by atoms with Crippen LogP contribution in [-0.2, 0) is 18.4 Å². The van der Waals surface area contributed by atoms with Crippen LogP contribution in [0.15, 0.2) is 65.6 Å². The molecule has 4 N–H and O–H groups in total. The number of amides is 1. The molecule has 4 rings (SSSR count). The van der Waals surface area contributed by atoms with Gasteiger partial charge in [0.25, 0.3) is 11.5 Å². The number of carboxylic acids is 1. The van der Waals surface area contributed by atoms with E-state index >= 15 is 0 Å². The van der Waals surface area contributed by atoms with Gasteiger partial charge >= 0.3 is 5.97 Å². The maximum Gasteiger partial charge on any atom is 0.333 e. The summed E-state index contributed by atoms with van der Waals surface area (Å²) in [6, 6.07) is 15.3. The Morgan fingerprint density at radius 2 is 1.71 bits per heavy atom. The highest BCUT2D eigenvalue weighted by Crippen LogP contribution is 2.41. The van der Waals surface area contributed by atoms with Crippen LogP contribution in [0.5, 0.6) is 5.88 Å². The zero-order valence-corrected chi connectivity index (χ0v) is 23.4. The van der Waals surface area contributed by atoms with Crippen molar-refractivity contribution >= 4 is 40.8 Å². The molecule has 0 bridgehead atoms. The molecule has 13 heteroatoms. The van der Waals surface area contributed by atoms with E-state index < -0.39 is 23.5 Å². The Morgan fingerprint density at radius 1 is 1.02 bits per heavy atom. The second-order valence-electron chi connectivity index (χ2n) is 8.81. The molecular formula is C28H25Cl2N5O6. The summed E-state index contributed by atoms with van der Waals surface area (Å²) in [5.41, 5.74) is 2.54. The zero-order valence-electron chi connectivity index (χ0n) is 21.9. The summed E-state index contributed by atoms with van der Waals surface area (Å²) in [6.07, 6.45) is -0.174. The molecule has 41 heavy (non-hydrogen) atoms. The highest BCUT2D eigenvalue weighted by atomic mass is 35.5. The van der Waals surface area contributed by atoms with Crippen molar-refractivity contribution in [1.29, 1.82) is 0 Å². The van der Waals surface area contributed by atoms with Crippen LogP contribution >= 0.6 is 23.2 Å². The second kappa shape index (κ2) is 12.9. The quantitative estimate of drug-likeness (QED) is 0.214. The SMILES string of the molecule is COc1nc(-c2cccc(-c3cccc(NC(=O)c4ccnn(C)c4=O)c3Cl)c2Cl)ccc1CNC[C@H](O)C(=O)O. The van der Waals surface area contributed by atoms with Crippen molar-refractivity contribution in [2.45, 2.75) is 12.6 Å². The zero-order chi connectivity index (χ0) is 29.7. The topological polar surface area (TPSA) is 156 Å². The molecule has 0 aliphatic rings. The van der Waals surface area contributed by atoms with Gasteiger partial charge in [0.1, 0.15) is 5.56 Å². The van der Waals surface area contributed by atoms with Crippen LogP contribution in [0.4, 0.5) is 5.69 Å². The van der Waals surface area contributed by atoms with E-state index in [-0.39, 0.29) is 23.7 Å². The van der Waals surface area contributed by atoms with E-state index in [0.717, 1.165) is 4.68 Å². The summed E-state index contributed by atoms with van der Waals surface area (Å²) in [4.78, 5) is 40.5. The minimum atomic E-state index is -1.53. The molecule has 0 radical (unpaired) electrons. The molecule has 0 aliphatic heterocycles. The number of aryl methyl sites for hydroxylation is 1. The van der Waals surface area contributed by atoms with Crippen molar-refractivity contribution in [3.8, 4) is 28.3 Å². The predicted molar refractivity (Wildman–Crippen MR) is 154 cm³/mol. The fraction of sp³-hybridized carbons (Fsp3) is 0.179. The van der Waals surface area contributed by atoms with E-state index in [2.05, 4.69) is 20.7 Å². The summed E-state index contributed by atoms with van der Waals surface area (Å²) >= 11 is 13.6. The van der Waals surface area contributed by atoms with E-state index in [1.54, 1.807) is 48.5 Å². The number of nitrogens with one attached hydrogen (secondary N) is 2. The van der Waals surface area contributed by atoms with E-state index in [4.69, 9.17) is 33.0 Å². The number of aliphatic carboxylic acids is 1. The van der Waals surface area contributed by atoms with Crippen LogP contribution in [0.3, 0.4) is 0 Å². The molecule has 2 aromatic carbocycles. The van der Waals surface area contributed by atoms with Crippen LogP contribution in [0.2, 0.25) is 10.0 Å². The Hall–Kier alpha value is -4.29. The van der Waals surface area contributed by atoms with Crippen LogP contribution in [0.1, 0.15) is 15.9 Å². The van der Waals surface area contributed by atoms with Gasteiger partial charge in [0.05, 0.1) is 28.5 Å². The molecule has 4 aromatic rings. The molecule has 0 spiro atoms. The van der Waals surface area contributed by atoms with Gasteiger partial charge in [-0.1, -0.05) is 59.6 Å². The van der Waals surface area contributed by atoms with Gasteiger partial charge in [0.15, 0.2) is 6.10 Å². The van der Waals surface area contributed by atoms with Crippen molar-refractivity contribution < 1.29 is 24.5 Å². The lowest BCUT2D eigenvalue weighted by molar-refractivity contribution is -0.146. The Bertz CT molecular complexity index is 1680. The first-order valence-electron chi connectivity index (χ1n) is 12.2. The molecule has 212 valence electrons. The lowest BCUT2D eigenvalue weighted by atomic mass is 10.00. The fourth-order valence-electron chi connectivity index (χ4n) is 4.00. The lowest BCUT2D eigenvalue weighted by Gasteiger charge is -2.15. The number of aliphatic hydroxyl groups excluding tert-OH is 1. The smallest absolute Gasteiger partial charge is 0.333 e. The first kappa shape index (κ1) is 29.7. The van der Waals surface area contributed by atoms with Crippen LogP contribution in [0.25, 0.3) is 22.4 Å². The summed E-state index contributed by atoms with van der Waals surface area (Å²) in [6.45, 7) is 0.0713. The number of benzene rings is 2. The summed E-state index contributed by atoms with van der Waals surface area (Å²) in [7, 11) is 2.91. The molecule has 0 unspecified atom stereocenters. The standard InChI is InChI=1S/C28H25Cl2N5O6/c1-35-27(38)19(11-12-32-35)25(37)33-21-8-4-6-17(24(21)30)16-5-3-7-18(23(16)29)20-10-9-15(26(34-20)41-2)13-31-14-22(36)28(39)40/h3-12,22,31,36H,13-14H2,1-2H3,(H,33,37)(H,39,40)/t22-/m0/s1. The van der Waals surface area contributed by atoms with Gasteiger partial charge in [0.2, 0.25) is 5.88 Å². The third-order valence-electron chi connectivity index (χ3n) is 6.13. The number of nitrogens with zero attached hydrogens (tertiary/aromatic N) is 3. The number of methoxy groups -OCH3 is 1. The maximum absolute atomic E-state index is 12.8. The third-order valence-corrected chi connectivity index (χ3v) is 6.95. The van der Waals surface area contributed by atoms with Crippen molar-refractivity contribution in [1.82, 2.24) is 20.1 Å². The van der Waals surface area contributed by atoms with Crippen LogP contribution in [-0.4, -0.2) is 56.6 Å². The predicted octanol–water partition coefficient (Wildman–Crippen LogP) is 3.61. The normalized spacial score (nSPS) is 11.6. The number of hydrogen-bond acceptors (Lipinski definition) is 8. The monoisotopic (exact) mass is 597 g/mol. The van der Waals surface area contributed by atoms with Crippen molar-refractivity contribution in [2.75, 3.05) is 19.0 Å². The number of halogens is 2. The van der Waals surface area contributed by atoms with E-state index in [1.165, 1.54) is 26.4 Å². The highest BCUT2D eigenvalue weighted by molar-refractivity contribution is 6.39. The molecule has 0 saturated heterocycles. The molecule has 0 saturated carbocycles. The number of aromatic nitrogens is 3. The summed E-state index contributed by atoms with van der Waals surface area (Å²) < 4.78 is 6.49. The Balaban J connectivity index is 1.62. The van der Waals surface area contributed by atoms with Gasteiger partial charge in [-0.3, -0.25) is 9.59 Å². The van der Waals surface area contributed by atoms with E-state index in [9.17, 15) is 19.5 Å². The van der Waals surface area contributed by atoms with Crippen molar-refractivity contribution in [3.63, 3.8) is 0 Å². The van der Waals surface area contributed by atoms with E-state index in [0.29, 0.717) is 44.5 Å². The van der Waals surface area contributed by atoms with Gasteiger partial charge in [0, 0.05) is 48.6 Å². The maximum atomic E-state index is 12.8. The lowest BCUT2D eigenvalue weighted by Crippen LogP contribution is -2.32. The van der Waals surface area contributed by atoms with Gasteiger partial charge in [-0.25, -0.2) is 14.5 Å².